The van der Waals surface area contributed by atoms with Crippen LogP contribution in [0.15, 0.2) is 0 Å². The maximum absolute atomic E-state index is 10.9. The molecule has 0 heterocycles. The number of rotatable bonds is 3. The molecule has 1 aliphatic carbocycles. The standard InChI is InChI=1S/C10H20N2O.2H2/c1-10(5-3-4-6-10)7-8-12-9(13)11-2;;/h3-8H2,1-2H3,(H2,11,12,13);2*1H. The van der Waals surface area contributed by atoms with Crippen LogP contribution in [0.2, 0.25) is 0 Å². The van der Waals surface area contributed by atoms with E-state index >= 15 is 0 Å². The first kappa shape index (κ1) is 10.4. The molecule has 0 spiro atoms. The van der Waals surface area contributed by atoms with Gasteiger partial charge in [-0.15, -0.1) is 0 Å². The molecule has 0 atom stereocenters. The van der Waals surface area contributed by atoms with E-state index in [1.807, 2.05) is 0 Å². The van der Waals surface area contributed by atoms with Crippen LogP contribution < -0.4 is 10.6 Å². The van der Waals surface area contributed by atoms with Gasteiger partial charge in [0.05, 0.1) is 0 Å². The molecule has 80 valence electrons. The van der Waals surface area contributed by atoms with Gasteiger partial charge < -0.3 is 10.6 Å². The second-order valence-electron chi connectivity index (χ2n) is 4.27. The third-order valence-electron chi connectivity index (χ3n) is 3.05. The minimum Gasteiger partial charge on any atom is -0.341 e. The number of carbonyl (C=O) groups excluding carboxylic acids is 1. The molecule has 3 nitrogen and oxygen atoms in total. The smallest absolute Gasteiger partial charge is 0.314 e. The predicted molar refractivity (Wildman–Crippen MR) is 57.9 cm³/mol. The van der Waals surface area contributed by atoms with Gasteiger partial charge in [-0.05, 0) is 24.7 Å². The predicted octanol–water partition coefficient (Wildman–Crippen LogP) is 2.38. The first-order valence-corrected chi connectivity index (χ1v) is 5.12. The van der Waals surface area contributed by atoms with E-state index in [2.05, 4.69) is 17.6 Å². The quantitative estimate of drug-likeness (QED) is 0.701. The Balaban J connectivity index is 0. The van der Waals surface area contributed by atoms with Crippen molar-refractivity contribution in [1.29, 1.82) is 0 Å². The number of urea groups is 1. The van der Waals surface area contributed by atoms with Crippen molar-refractivity contribution < 1.29 is 7.65 Å². The van der Waals surface area contributed by atoms with Crippen LogP contribution in [0.5, 0.6) is 0 Å². The number of amides is 2. The van der Waals surface area contributed by atoms with Gasteiger partial charge in [-0.2, -0.15) is 0 Å². The molecule has 0 aromatic heterocycles. The molecule has 2 N–H and O–H groups in total. The first-order chi connectivity index (χ1) is 6.16. The molecule has 0 saturated heterocycles. The van der Waals surface area contributed by atoms with Crippen molar-refractivity contribution in [1.82, 2.24) is 10.6 Å². The Morgan fingerprint density at radius 1 is 1.46 bits per heavy atom. The summed E-state index contributed by atoms with van der Waals surface area (Å²) in [6.45, 7) is 3.13. The molecule has 1 rings (SSSR count). The summed E-state index contributed by atoms with van der Waals surface area (Å²) < 4.78 is 0. The van der Waals surface area contributed by atoms with E-state index in [0.717, 1.165) is 13.0 Å². The summed E-state index contributed by atoms with van der Waals surface area (Å²) in [7, 11) is 1.65. The molecule has 2 amide bonds. The van der Waals surface area contributed by atoms with Crippen molar-refractivity contribution in [3.63, 3.8) is 0 Å². The van der Waals surface area contributed by atoms with E-state index in [4.69, 9.17) is 0 Å². The molecular formula is C10H24N2O. The lowest BCUT2D eigenvalue weighted by molar-refractivity contribution is 0.238. The summed E-state index contributed by atoms with van der Waals surface area (Å²) >= 11 is 0. The SMILES string of the molecule is CNC(=O)NCCC1(C)CCCC1.[HH].[HH]. The monoisotopic (exact) mass is 188 g/mol. The Morgan fingerprint density at radius 2 is 2.08 bits per heavy atom. The molecule has 1 aliphatic rings. The Labute approximate surface area is 83.2 Å². The molecule has 0 unspecified atom stereocenters. The van der Waals surface area contributed by atoms with Crippen molar-refractivity contribution in [2.75, 3.05) is 13.6 Å². The minimum absolute atomic E-state index is 0. The number of hydrogen-bond donors (Lipinski definition) is 2. The third kappa shape index (κ3) is 3.25. The van der Waals surface area contributed by atoms with Crippen molar-refractivity contribution in [3.8, 4) is 0 Å². The van der Waals surface area contributed by atoms with Crippen LogP contribution in [0.3, 0.4) is 0 Å². The maximum atomic E-state index is 10.9. The summed E-state index contributed by atoms with van der Waals surface area (Å²) in [6, 6.07) is -0.0680. The molecular weight excluding hydrogens is 164 g/mol. The van der Waals surface area contributed by atoms with Crippen molar-refractivity contribution >= 4 is 6.03 Å². The molecule has 1 saturated carbocycles. The zero-order chi connectivity index (χ0) is 9.73. The van der Waals surface area contributed by atoms with E-state index in [1.165, 1.54) is 25.7 Å². The fraction of sp³-hybridized carbons (Fsp3) is 0.900. The largest absolute Gasteiger partial charge is 0.341 e. The number of carbonyl (C=O) groups is 1. The summed E-state index contributed by atoms with van der Waals surface area (Å²) in [4.78, 5) is 10.9. The lowest BCUT2D eigenvalue weighted by Crippen LogP contribution is -2.35. The molecule has 1 fully saturated rings. The number of hydrogen-bond acceptors (Lipinski definition) is 1. The summed E-state index contributed by atoms with van der Waals surface area (Å²) in [5, 5.41) is 5.39. The van der Waals surface area contributed by atoms with Gasteiger partial charge in [0.1, 0.15) is 0 Å². The maximum Gasteiger partial charge on any atom is 0.314 e. The minimum atomic E-state index is -0.0680. The van der Waals surface area contributed by atoms with Gasteiger partial charge in [0, 0.05) is 16.4 Å². The molecule has 0 aromatic rings. The van der Waals surface area contributed by atoms with E-state index in [0.29, 0.717) is 5.41 Å². The average molecular weight is 188 g/mol. The Bertz CT molecular complexity index is 182. The highest BCUT2D eigenvalue weighted by Gasteiger charge is 2.27. The Hall–Kier alpha value is -0.730. The van der Waals surface area contributed by atoms with E-state index in [1.54, 1.807) is 7.05 Å². The van der Waals surface area contributed by atoms with Gasteiger partial charge in [-0.3, -0.25) is 0 Å². The van der Waals surface area contributed by atoms with Crippen LogP contribution >= 0.6 is 0 Å². The van der Waals surface area contributed by atoms with E-state index < -0.39 is 0 Å². The second-order valence-corrected chi connectivity index (χ2v) is 4.27. The molecule has 3 heteroatoms. The Morgan fingerprint density at radius 3 is 2.62 bits per heavy atom. The zero-order valence-electron chi connectivity index (χ0n) is 8.65. The van der Waals surface area contributed by atoms with Gasteiger partial charge in [0.15, 0.2) is 0 Å². The second kappa shape index (κ2) is 4.49. The number of nitrogens with one attached hydrogen (secondary N) is 2. The third-order valence-corrected chi connectivity index (χ3v) is 3.05. The molecule has 13 heavy (non-hydrogen) atoms. The van der Waals surface area contributed by atoms with Crippen LogP contribution in [-0.4, -0.2) is 19.6 Å². The van der Waals surface area contributed by atoms with Crippen LogP contribution in [0.25, 0.3) is 0 Å². The van der Waals surface area contributed by atoms with Crippen LogP contribution in [0.1, 0.15) is 41.9 Å². The van der Waals surface area contributed by atoms with Crippen molar-refractivity contribution in [2.24, 2.45) is 5.41 Å². The fourth-order valence-corrected chi connectivity index (χ4v) is 2.04. The van der Waals surface area contributed by atoms with Gasteiger partial charge in [0.25, 0.3) is 0 Å². The van der Waals surface area contributed by atoms with Crippen molar-refractivity contribution in [2.45, 2.75) is 39.0 Å². The van der Waals surface area contributed by atoms with Crippen LogP contribution in [0, 0.1) is 5.41 Å². The van der Waals surface area contributed by atoms with E-state index in [-0.39, 0.29) is 8.88 Å². The lowest BCUT2D eigenvalue weighted by Gasteiger charge is -2.23. The van der Waals surface area contributed by atoms with Crippen molar-refractivity contribution in [3.05, 3.63) is 0 Å². The normalized spacial score (nSPS) is 19.8. The molecule has 0 aliphatic heterocycles. The average Bonchev–Trinajstić information content (AvgIpc) is 2.52. The highest BCUT2D eigenvalue weighted by atomic mass is 16.2. The summed E-state index contributed by atoms with van der Waals surface area (Å²) in [5.74, 6) is 0. The van der Waals surface area contributed by atoms with E-state index in [9.17, 15) is 4.79 Å². The lowest BCUT2D eigenvalue weighted by atomic mass is 9.85. The van der Waals surface area contributed by atoms with Gasteiger partial charge >= 0.3 is 6.03 Å². The topological polar surface area (TPSA) is 41.1 Å². The van der Waals surface area contributed by atoms with Gasteiger partial charge in [-0.1, -0.05) is 19.8 Å². The Kier molecular flexibility index (Phi) is 3.58. The highest BCUT2D eigenvalue weighted by molar-refractivity contribution is 5.73. The molecule has 0 bridgehead atoms. The fourth-order valence-electron chi connectivity index (χ4n) is 2.04. The summed E-state index contributed by atoms with van der Waals surface area (Å²) in [5.41, 5.74) is 0.487. The van der Waals surface area contributed by atoms with Gasteiger partial charge in [0.2, 0.25) is 0 Å². The first-order valence-electron chi connectivity index (χ1n) is 5.12. The molecule has 0 radical (unpaired) electrons. The van der Waals surface area contributed by atoms with Crippen LogP contribution in [0.4, 0.5) is 4.79 Å². The van der Waals surface area contributed by atoms with Gasteiger partial charge in [-0.25, -0.2) is 4.79 Å². The zero-order valence-corrected chi connectivity index (χ0v) is 8.65. The highest BCUT2D eigenvalue weighted by Crippen LogP contribution is 2.39. The summed E-state index contributed by atoms with van der Waals surface area (Å²) in [6.07, 6.45) is 6.47. The molecule has 0 aromatic carbocycles. The van der Waals surface area contributed by atoms with Crippen LogP contribution in [-0.2, 0) is 0 Å².